The Morgan fingerprint density at radius 1 is 0.938 bits per heavy atom. The van der Waals surface area contributed by atoms with E-state index in [1.165, 1.54) is 21.3 Å². The second-order valence-corrected chi connectivity index (χ2v) is 9.23. The van der Waals surface area contributed by atoms with Crippen LogP contribution < -0.4 is 19.1 Å². The third-order valence-corrected chi connectivity index (χ3v) is 7.37. The number of benzene rings is 2. The topological polar surface area (TPSA) is 82.1 Å². The predicted molar refractivity (Wildman–Crippen MR) is 124 cm³/mol. The Kier molecular flexibility index (Phi) is 5.79. The van der Waals surface area contributed by atoms with Gasteiger partial charge in [-0.2, -0.15) is 0 Å². The number of nitrogens with zero attached hydrogens (tertiary/aromatic N) is 1. The Balaban J connectivity index is 1.86. The molecule has 2 amide bonds. The molecule has 0 N–H and O–H groups in total. The standard InChI is InChI=1S/C23H18BrNO6S/c1-11-17(18(26)12-9-15(29-2)19(31-4)16(10-12)30-3)23(32-20(11)24)25-21(27)13-7-5-6-8-14(13)22(25)28/h5-10H,1-4H3. The van der Waals surface area contributed by atoms with Gasteiger partial charge in [0.25, 0.3) is 11.8 Å². The van der Waals surface area contributed by atoms with Crippen molar-refractivity contribution in [1.82, 2.24) is 0 Å². The summed E-state index contributed by atoms with van der Waals surface area (Å²) in [4.78, 5) is 40.8. The Morgan fingerprint density at radius 2 is 1.47 bits per heavy atom. The van der Waals surface area contributed by atoms with Crippen LogP contribution in [0.1, 0.15) is 42.2 Å². The van der Waals surface area contributed by atoms with Gasteiger partial charge in [0.05, 0.1) is 41.8 Å². The van der Waals surface area contributed by atoms with Crippen LogP contribution in [0.4, 0.5) is 5.00 Å². The Bertz CT molecular complexity index is 1220. The molecule has 0 fully saturated rings. The molecule has 0 saturated carbocycles. The van der Waals surface area contributed by atoms with E-state index in [1.807, 2.05) is 0 Å². The van der Waals surface area contributed by atoms with Crippen LogP contribution in [-0.4, -0.2) is 38.9 Å². The lowest BCUT2D eigenvalue weighted by molar-refractivity contribution is 0.0927. The minimum absolute atomic E-state index is 0.255. The molecule has 1 aliphatic heterocycles. The number of thiophene rings is 1. The summed E-state index contributed by atoms with van der Waals surface area (Å²) in [6.07, 6.45) is 0. The first-order chi connectivity index (χ1) is 15.3. The molecule has 0 radical (unpaired) electrons. The number of carbonyl (C=O) groups is 3. The zero-order valence-electron chi connectivity index (χ0n) is 17.6. The molecular weight excluding hydrogens is 498 g/mol. The number of amides is 2. The van der Waals surface area contributed by atoms with Gasteiger partial charge in [-0.25, -0.2) is 4.90 Å². The number of hydrogen-bond donors (Lipinski definition) is 0. The molecule has 164 valence electrons. The van der Waals surface area contributed by atoms with E-state index >= 15 is 0 Å². The summed E-state index contributed by atoms with van der Waals surface area (Å²) in [7, 11) is 4.40. The van der Waals surface area contributed by atoms with Crippen molar-refractivity contribution < 1.29 is 28.6 Å². The highest BCUT2D eigenvalue weighted by molar-refractivity contribution is 9.11. The van der Waals surface area contributed by atoms with Crippen molar-refractivity contribution in [3.05, 3.63) is 68.0 Å². The quantitative estimate of drug-likeness (QED) is 0.343. The number of imide groups is 1. The largest absolute Gasteiger partial charge is 0.493 e. The molecular formula is C23H18BrNO6S. The van der Waals surface area contributed by atoms with Gasteiger partial charge in [0.1, 0.15) is 5.00 Å². The number of ether oxygens (including phenoxy) is 3. The molecule has 0 unspecified atom stereocenters. The van der Waals surface area contributed by atoms with Crippen LogP contribution in [0.3, 0.4) is 0 Å². The molecule has 0 saturated heterocycles. The van der Waals surface area contributed by atoms with E-state index in [1.54, 1.807) is 43.3 Å². The van der Waals surface area contributed by atoms with Crippen molar-refractivity contribution in [1.29, 1.82) is 0 Å². The maximum Gasteiger partial charge on any atom is 0.266 e. The smallest absolute Gasteiger partial charge is 0.266 e. The van der Waals surface area contributed by atoms with Crippen LogP contribution in [0, 0.1) is 6.92 Å². The third-order valence-electron chi connectivity index (χ3n) is 5.22. The van der Waals surface area contributed by atoms with E-state index in [4.69, 9.17) is 14.2 Å². The molecule has 4 rings (SSSR count). The maximum absolute atomic E-state index is 13.7. The highest BCUT2D eigenvalue weighted by atomic mass is 79.9. The second kappa shape index (κ2) is 8.40. The van der Waals surface area contributed by atoms with Crippen molar-refractivity contribution in [3.8, 4) is 17.2 Å². The van der Waals surface area contributed by atoms with Gasteiger partial charge in [0.15, 0.2) is 17.3 Å². The van der Waals surface area contributed by atoms with Gasteiger partial charge in [0.2, 0.25) is 5.75 Å². The van der Waals surface area contributed by atoms with Gasteiger partial charge in [-0.05, 0) is 52.7 Å². The number of fused-ring (bicyclic) bond motifs is 1. The minimum atomic E-state index is -0.460. The zero-order valence-corrected chi connectivity index (χ0v) is 20.0. The van der Waals surface area contributed by atoms with E-state index in [-0.39, 0.29) is 21.9 Å². The molecule has 9 heteroatoms. The van der Waals surface area contributed by atoms with Crippen LogP contribution in [0.2, 0.25) is 0 Å². The number of rotatable bonds is 6. The average Bonchev–Trinajstić information content (AvgIpc) is 3.24. The summed E-state index contributed by atoms with van der Waals surface area (Å²) >= 11 is 4.62. The summed E-state index contributed by atoms with van der Waals surface area (Å²) in [5.41, 5.74) is 1.77. The maximum atomic E-state index is 13.7. The second-order valence-electron chi connectivity index (χ2n) is 6.92. The first-order valence-electron chi connectivity index (χ1n) is 9.45. The first kappa shape index (κ1) is 22.0. The molecule has 0 aliphatic carbocycles. The summed E-state index contributed by atoms with van der Waals surface area (Å²) in [5, 5.41) is 0.263. The van der Waals surface area contributed by atoms with Gasteiger partial charge in [-0.1, -0.05) is 12.1 Å². The molecule has 0 atom stereocenters. The lowest BCUT2D eigenvalue weighted by Crippen LogP contribution is -2.30. The Morgan fingerprint density at radius 3 is 1.94 bits per heavy atom. The Labute approximate surface area is 196 Å². The molecule has 1 aromatic heterocycles. The van der Waals surface area contributed by atoms with Gasteiger partial charge in [-0.3, -0.25) is 14.4 Å². The van der Waals surface area contributed by atoms with E-state index in [9.17, 15) is 14.4 Å². The zero-order chi connectivity index (χ0) is 23.2. The van der Waals surface area contributed by atoms with Gasteiger partial charge in [0, 0.05) is 5.56 Å². The predicted octanol–water partition coefficient (Wildman–Crippen LogP) is 4.88. The number of ketones is 1. The van der Waals surface area contributed by atoms with Crippen molar-refractivity contribution >= 4 is 49.9 Å². The van der Waals surface area contributed by atoms with Gasteiger partial charge >= 0.3 is 0 Å². The number of halogens is 1. The normalized spacial score (nSPS) is 12.7. The highest BCUT2D eigenvalue weighted by Crippen LogP contribution is 2.45. The van der Waals surface area contributed by atoms with Crippen LogP contribution >= 0.6 is 27.3 Å². The monoisotopic (exact) mass is 515 g/mol. The average molecular weight is 516 g/mol. The fourth-order valence-corrected chi connectivity index (χ4v) is 5.31. The molecule has 7 nitrogen and oxygen atoms in total. The van der Waals surface area contributed by atoms with E-state index < -0.39 is 11.8 Å². The van der Waals surface area contributed by atoms with Crippen molar-refractivity contribution in [2.45, 2.75) is 6.92 Å². The molecule has 0 spiro atoms. The number of anilines is 1. The number of hydrogen-bond acceptors (Lipinski definition) is 7. The fourth-order valence-electron chi connectivity index (χ4n) is 3.63. The molecule has 2 aromatic carbocycles. The first-order valence-corrected chi connectivity index (χ1v) is 11.1. The van der Waals surface area contributed by atoms with E-state index in [2.05, 4.69) is 15.9 Å². The summed E-state index contributed by atoms with van der Waals surface area (Å²) < 4.78 is 16.7. The van der Waals surface area contributed by atoms with E-state index in [0.717, 1.165) is 16.2 Å². The molecule has 2 heterocycles. The van der Waals surface area contributed by atoms with Crippen LogP contribution in [0.25, 0.3) is 0 Å². The Hall–Kier alpha value is -3.17. The van der Waals surface area contributed by atoms with Crippen LogP contribution in [0.15, 0.2) is 40.2 Å². The summed E-state index contributed by atoms with van der Waals surface area (Å²) in [6, 6.07) is 9.69. The number of carbonyl (C=O) groups excluding carboxylic acids is 3. The number of methoxy groups -OCH3 is 3. The lowest BCUT2D eigenvalue weighted by Gasteiger charge is -2.16. The molecule has 32 heavy (non-hydrogen) atoms. The summed E-state index contributed by atoms with van der Waals surface area (Å²) in [5.74, 6) is -0.295. The fraction of sp³-hybridized carbons (Fsp3) is 0.174. The van der Waals surface area contributed by atoms with Gasteiger partial charge < -0.3 is 14.2 Å². The molecule has 3 aromatic rings. The van der Waals surface area contributed by atoms with Crippen molar-refractivity contribution in [3.63, 3.8) is 0 Å². The molecule has 1 aliphatic rings. The van der Waals surface area contributed by atoms with Gasteiger partial charge in [-0.15, -0.1) is 11.3 Å². The summed E-state index contributed by atoms with van der Waals surface area (Å²) in [6.45, 7) is 1.76. The van der Waals surface area contributed by atoms with Crippen LogP contribution in [0.5, 0.6) is 17.2 Å². The van der Waals surface area contributed by atoms with Crippen LogP contribution in [-0.2, 0) is 0 Å². The highest BCUT2D eigenvalue weighted by Gasteiger charge is 2.40. The SMILES string of the molecule is COc1cc(C(=O)c2c(N3C(=O)c4ccccc4C3=O)sc(Br)c2C)cc(OC)c1OC. The lowest BCUT2D eigenvalue weighted by atomic mass is 10.0. The van der Waals surface area contributed by atoms with E-state index in [0.29, 0.717) is 37.7 Å². The molecule has 0 bridgehead atoms. The third kappa shape index (κ3) is 3.28. The van der Waals surface area contributed by atoms with Crippen molar-refractivity contribution in [2.24, 2.45) is 0 Å². The minimum Gasteiger partial charge on any atom is -0.493 e. The van der Waals surface area contributed by atoms with Crippen molar-refractivity contribution in [2.75, 3.05) is 26.2 Å².